The monoisotopic (exact) mass is 398 g/mol. The third kappa shape index (κ3) is 5.68. The molecule has 0 amide bonds. The van der Waals surface area contributed by atoms with Gasteiger partial charge in [-0.2, -0.15) is 0 Å². The van der Waals surface area contributed by atoms with Crippen LogP contribution in [0.5, 0.6) is 5.75 Å². The van der Waals surface area contributed by atoms with Gasteiger partial charge in [0.05, 0.1) is 12.7 Å². The van der Waals surface area contributed by atoms with Gasteiger partial charge in [-0.1, -0.05) is 6.07 Å². The lowest BCUT2D eigenvalue weighted by molar-refractivity contribution is -0.147. The molecule has 142 valence electrons. The fraction of sp³-hybridized carbons (Fsp3) is 0.438. The highest BCUT2D eigenvalue weighted by molar-refractivity contribution is 6.65. The Kier molecular flexibility index (Phi) is 6.56. The van der Waals surface area contributed by atoms with E-state index < -0.39 is 36.0 Å². The molecule has 1 atom stereocenters. The summed E-state index contributed by atoms with van der Waals surface area (Å²) in [6, 6.07) is 5.75. The topological polar surface area (TPSA) is 97.4 Å². The summed E-state index contributed by atoms with van der Waals surface area (Å²) < 4.78 is 26.8. The van der Waals surface area contributed by atoms with E-state index in [1.807, 2.05) is 24.7 Å². The molecule has 0 aromatic heterocycles. The molecule has 0 radical (unpaired) electrons. The number of hydrogen-bond donors (Lipinski definition) is 0. The Hall–Kier alpha value is -2.18. The molecule has 26 heavy (non-hydrogen) atoms. The summed E-state index contributed by atoms with van der Waals surface area (Å²) in [5, 5.41) is 0. The van der Waals surface area contributed by atoms with Crippen molar-refractivity contribution in [2.24, 2.45) is 0 Å². The maximum Gasteiger partial charge on any atom is 0.705 e. The Labute approximate surface area is 154 Å². The highest BCUT2D eigenvalue weighted by Crippen LogP contribution is 2.28. The second kappa shape index (κ2) is 8.47. The van der Waals surface area contributed by atoms with Gasteiger partial charge in [-0.05, 0) is 30.7 Å². The molecule has 1 heterocycles. The van der Waals surface area contributed by atoms with Gasteiger partial charge in [0.15, 0.2) is 0 Å². The quantitative estimate of drug-likeness (QED) is 0.667. The molecule has 0 spiro atoms. The van der Waals surface area contributed by atoms with Crippen LogP contribution >= 0.6 is 0 Å². The van der Waals surface area contributed by atoms with Crippen LogP contribution in [-0.4, -0.2) is 36.0 Å². The summed E-state index contributed by atoms with van der Waals surface area (Å²) in [6.45, 7) is 5.96. The molecule has 1 aliphatic heterocycles. The minimum atomic E-state index is -3.82. The molecular formula is C16H22O8Si2. The van der Waals surface area contributed by atoms with Crippen molar-refractivity contribution in [3.05, 3.63) is 29.3 Å². The first-order valence-electron chi connectivity index (χ1n) is 8.18. The minimum Gasteiger partial charge on any atom is -0.522 e. The minimum absolute atomic E-state index is 0.0946. The van der Waals surface area contributed by atoms with Gasteiger partial charge in [-0.25, -0.2) is 0 Å². The van der Waals surface area contributed by atoms with Crippen LogP contribution in [0.15, 0.2) is 18.2 Å². The van der Waals surface area contributed by atoms with E-state index in [0.717, 1.165) is 16.9 Å². The predicted octanol–water partition coefficient (Wildman–Crippen LogP) is 1.62. The molecule has 1 aromatic rings. The van der Waals surface area contributed by atoms with Crippen molar-refractivity contribution >= 4 is 36.0 Å². The van der Waals surface area contributed by atoms with Crippen molar-refractivity contribution in [3.8, 4) is 5.75 Å². The van der Waals surface area contributed by atoms with E-state index in [1.54, 1.807) is 0 Å². The molecule has 2 rings (SSSR count). The van der Waals surface area contributed by atoms with E-state index >= 15 is 0 Å². The lowest BCUT2D eigenvalue weighted by Crippen LogP contribution is -2.49. The van der Waals surface area contributed by atoms with Crippen LogP contribution in [0.1, 0.15) is 31.9 Å². The molecular weight excluding hydrogens is 376 g/mol. The van der Waals surface area contributed by atoms with E-state index in [0.29, 0.717) is 13.0 Å². The number of carbonyl (C=O) groups is 3. The Balaban J connectivity index is 2.18. The highest BCUT2D eigenvalue weighted by atomic mass is 28.4. The van der Waals surface area contributed by atoms with Gasteiger partial charge in [0.1, 0.15) is 5.75 Å². The van der Waals surface area contributed by atoms with Crippen LogP contribution in [-0.2, 0) is 45.1 Å². The Morgan fingerprint density at radius 1 is 1.08 bits per heavy atom. The number of fused-ring (bicyclic) bond motifs is 1. The molecule has 1 unspecified atom stereocenters. The van der Waals surface area contributed by atoms with Crippen molar-refractivity contribution in [2.75, 3.05) is 0 Å². The molecule has 1 aromatic carbocycles. The van der Waals surface area contributed by atoms with Crippen LogP contribution in [0.4, 0.5) is 0 Å². The fourth-order valence-electron chi connectivity index (χ4n) is 2.61. The van der Waals surface area contributed by atoms with Gasteiger partial charge in [-0.3, -0.25) is 14.4 Å². The number of carbonyl (C=O) groups excluding carboxylic acids is 3. The van der Waals surface area contributed by atoms with Crippen molar-refractivity contribution < 1.29 is 36.5 Å². The predicted molar refractivity (Wildman–Crippen MR) is 94.4 cm³/mol. The summed E-state index contributed by atoms with van der Waals surface area (Å²) in [6.07, 6.45) is 0.389. The largest absolute Gasteiger partial charge is 0.705 e. The average molecular weight is 399 g/mol. The van der Waals surface area contributed by atoms with Crippen molar-refractivity contribution in [1.82, 2.24) is 0 Å². The zero-order valence-corrected chi connectivity index (χ0v) is 17.4. The molecule has 0 saturated heterocycles. The zero-order chi connectivity index (χ0) is 19.3. The summed E-state index contributed by atoms with van der Waals surface area (Å²) in [7, 11) is -5.42. The van der Waals surface area contributed by atoms with Gasteiger partial charge < -0.3 is 22.1 Å². The number of rotatable bonds is 6. The van der Waals surface area contributed by atoms with Gasteiger partial charge in [-0.15, -0.1) is 0 Å². The molecule has 0 aliphatic carbocycles. The fourth-order valence-corrected chi connectivity index (χ4v) is 6.02. The SMILES string of the molecule is CC(=O)O[Si](CCc1ccc2c(c1)CO[SiH](C)O2)(OC(C)=O)OC(C)=O. The molecule has 0 N–H and O–H groups in total. The normalized spacial score (nSPS) is 16.1. The molecule has 0 bridgehead atoms. The first-order chi connectivity index (χ1) is 12.2. The van der Waals surface area contributed by atoms with Crippen LogP contribution in [0.2, 0.25) is 12.6 Å². The van der Waals surface area contributed by atoms with Gasteiger partial charge in [0, 0.05) is 26.3 Å². The summed E-state index contributed by atoms with van der Waals surface area (Å²) >= 11 is 0. The van der Waals surface area contributed by atoms with Crippen LogP contribution in [0.3, 0.4) is 0 Å². The third-order valence-corrected chi connectivity index (χ3v) is 7.39. The summed E-state index contributed by atoms with van der Waals surface area (Å²) in [5.74, 6) is -1.22. The smallest absolute Gasteiger partial charge is 0.522 e. The molecule has 10 heteroatoms. The molecule has 8 nitrogen and oxygen atoms in total. The maximum absolute atomic E-state index is 11.5. The Morgan fingerprint density at radius 2 is 1.65 bits per heavy atom. The van der Waals surface area contributed by atoms with E-state index in [9.17, 15) is 14.4 Å². The summed E-state index contributed by atoms with van der Waals surface area (Å²) in [4.78, 5) is 34.4. The van der Waals surface area contributed by atoms with E-state index in [4.69, 9.17) is 22.1 Å². The molecule has 0 saturated carbocycles. The number of hydrogen-bond acceptors (Lipinski definition) is 8. The van der Waals surface area contributed by atoms with Crippen molar-refractivity contribution in [3.63, 3.8) is 0 Å². The second-order valence-electron chi connectivity index (χ2n) is 5.90. The zero-order valence-electron chi connectivity index (χ0n) is 15.2. The van der Waals surface area contributed by atoms with Crippen LogP contribution in [0.25, 0.3) is 0 Å². The Bertz CT molecular complexity index is 665. The second-order valence-corrected chi connectivity index (χ2v) is 10.1. The van der Waals surface area contributed by atoms with Gasteiger partial charge in [0.2, 0.25) is 0 Å². The van der Waals surface area contributed by atoms with E-state index in [1.165, 1.54) is 20.8 Å². The van der Waals surface area contributed by atoms with E-state index in [-0.39, 0.29) is 6.04 Å². The standard InChI is InChI=1S/C16H22O8Si2/c1-11(17)22-26(23-12(2)18,24-13(3)19)8-7-14-5-6-16-15(9-14)10-20-25(4)21-16/h5-6,9,25H,7-8,10H2,1-4H3. The molecule has 0 fully saturated rings. The van der Waals surface area contributed by atoms with Crippen LogP contribution in [0, 0.1) is 0 Å². The Morgan fingerprint density at radius 3 is 2.19 bits per heavy atom. The number of benzene rings is 1. The maximum atomic E-state index is 11.5. The lowest BCUT2D eigenvalue weighted by atomic mass is 10.1. The van der Waals surface area contributed by atoms with Crippen LogP contribution < -0.4 is 4.43 Å². The number of aryl methyl sites for hydroxylation is 1. The average Bonchev–Trinajstić information content (AvgIpc) is 2.50. The lowest BCUT2D eigenvalue weighted by Gasteiger charge is -2.26. The first kappa shape index (κ1) is 20.1. The van der Waals surface area contributed by atoms with Gasteiger partial charge in [0.25, 0.3) is 17.9 Å². The molecule has 1 aliphatic rings. The highest BCUT2D eigenvalue weighted by Gasteiger charge is 2.51. The third-order valence-electron chi connectivity index (χ3n) is 3.51. The van der Waals surface area contributed by atoms with Crippen molar-refractivity contribution in [1.29, 1.82) is 0 Å². The summed E-state index contributed by atoms with van der Waals surface area (Å²) in [5.41, 5.74) is 1.82. The van der Waals surface area contributed by atoms with E-state index in [2.05, 4.69) is 0 Å². The van der Waals surface area contributed by atoms with Crippen molar-refractivity contribution in [2.45, 2.75) is 46.4 Å². The first-order valence-corrected chi connectivity index (χ1v) is 12.2. The van der Waals surface area contributed by atoms with Gasteiger partial charge >= 0.3 is 18.1 Å².